The minimum absolute atomic E-state index is 0.128. The predicted octanol–water partition coefficient (Wildman–Crippen LogP) is 5.61. The van der Waals surface area contributed by atoms with Crippen LogP contribution in [0.15, 0.2) is 98.1 Å². The molecule has 3 amide bonds. The van der Waals surface area contributed by atoms with Crippen LogP contribution in [0.5, 0.6) is 0 Å². The highest BCUT2D eigenvalue weighted by Crippen LogP contribution is 2.66. The number of para-hydroxylation sites is 1. The molecule has 2 bridgehead atoms. The molecule has 6 rings (SSSR count). The maximum Gasteiger partial charge on any atom is 0.253 e. The van der Waals surface area contributed by atoms with Crippen LogP contribution in [0.1, 0.15) is 34.1 Å². The van der Waals surface area contributed by atoms with Gasteiger partial charge in [0.25, 0.3) is 5.91 Å². The third kappa shape index (κ3) is 5.00. The highest BCUT2D eigenvalue weighted by atomic mass is 16.5. The van der Waals surface area contributed by atoms with Gasteiger partial charge in [-0.1, -0.05) is 81.5 Å². The van der Waals surface area contributed by atoms with Crippen LogP contribution in [0.2, 0.25) is 0 Å². The fourth-order valence-electron chi connectivity index (χ4n) is 8.48. The SMILES string of the molecule is C=CCN(C(=O)C1N([C@@H](CO)C(C)C)C(=O)[C@@H]2[C@H](C(=O)N(CC=C)c3ccccc3)[C@@]3(C)OC12CC3C)c1ccc2ccccc2c1. The normalized spacial score (nSPS) is 28.4. The molecular formula is C39H45N3O5. The van der Waals surface area contributed by atoms with Gasteiger partial charge in [0.2, 0.25) is 11.8 Å². The largest absolute Gasteiger partial charge is 0.394 e. The van der Waals surface area contributed by atoms with Crippen LogP contribution in [0.4, 0.5) is 11.4 Å². The van der Waals surface area contributed by atoms with Crippen LogP contribution in [0.3, 0.4) is 0 Å². The lowest BCUT2D eigenvalue weighted by molar-refractivity contribution is -0.150. The molecule has 3 aromatic rings. The summed E-state index contributed by atoms with van der Waals surface area (Å²) >= 11 is 0. The number of amides is 3. The topological polar surface area (TPSA) is 90.4 Å². The van der Waals surface area contributed by atoms with Crippen molar-refractivity contribution in [2.45, 2.75) is 57.4 Å². The number of nitrogens with zero attached hydrogens (tertiary/aromatic N) is 3. The fourth-order valence-corrected chi connectivity index (χ4v) is 8.48. The second kappa shape index (κ2) is 12.4. The molecule has 3 aliphatic heterocycles. The van der Waals surface area contributed by atoms with E-state index in [4.69, 9.17) is 4.74 Å². The zero-order chi connectivity index (χ0) is 33.7. The molecule has 3 aliphatic rings. The summed E-state index contributed by atoms with van der Waals surface area (Å²) in [6.45, 7) is 15.8. The number of hydrogen-bond donors (Lipinski definition) is 1. The number of rotatable bonds is 11. The Labute approximate surface area is 277 Å². The van der Waals surface area contributed by atoms with Crippen molar-refractivity contribution in [3.05, 3.63) is 98.1 Å². The summed E-state index contributed by atoms with van der Waals surface area (Å²) in [4.78, 5) is 49.7. The second-order valence-corrected chi connectivity index (χ2v) is 13.8. The molecular weight excluding hydrogens is 590 g/mol. The number of benzene rings is 3. The highest BCUT2D eigenvalue weighted by Gasteiger charge is 2.80. The number of likely N-dealkylation sites (tertiary alicyclic amines) is 1. The van der Waals surface area contributed by atoms with Crippen molar-refractivity contribution in [3.8, 4) is 0 Å². The number of aliphatic hydroxyl groups is 1. The molecule has 8 heteroatoms. The Balaban J connectivity index is 1.50. The van der Waals surface area contributed by atoms with Gasteiger partial charge in [-0.05, 0) is 60.2 Å². The summed E-state index contributed by atoms with van der Waals surface area (Å²) in [5, 5.41) is 12.7. The number of fused-ring (bicyclic) bond motifs is 2. The monoisotopic (exact) mass is 635 g/mol. The molecule has 7 atom stereocenters. The number of carbonyl (C=O) groups excluding carboxylic acids is 3. The van der Waals surface area contributed by atoms with Gasteiger partial charge in [0, 0.05) is 24.5 Å². The van der Waals surface area contributed by atoms with E-state index < -0.39 is 35.1 Å². The van der Waals surface area contributed by atoms with E-state index >= 15 is 4.79 Å². The Hall–Kier alpha value is -4.27. The van der Waals surface area contributed by atoms with E-state index in [-0.39, 0.29) is 49.3 Å². The summed E-state index contributed by atoms with van der Waals surface area (Å²) < 4.78 is 7.03. The molecule has 47 heavy (non-hydrogen) atoms. The zero-order valence-corrected chi connectivity index (χ0v) is 27.7. The Morgan fingerprint density at radius 1 is 0.957 bits per heavy atom. The average molecular weight is 636 g/mol. The van der Waals surface area contributed by atoms with Gasteiger partial charge in [0.15, 0.2) is 0 Å². The van der Waals surface area contributed by atoms with Gasteiger partial charge in [0.05, 0.1) is 30.1 Å². The Bertz CT molecular complexity index is 1710. The van der Waals surface area contributed by atoms with Crippen LogP contribution in [-0.4, -0.2) is 70.7 Å². The quantitative estimate of drug-likeness (QED) is 0.277. The van der Waals surface area contributed by atoms with E-state index in [2.05, 4.69) is 13.2 Å². The van der Waals surface area contributed by atoms with Crippen molar-refractivity contribution < 1.29 is 24.2 Å². The first-order chi connectivity index (χ1) is 22.5. The van der Waals surface area contributed by atoms with Crippen molar-refractivity contribution in [1.29, 1.82) is 0 Å². The molecule has 0 aromatic heterocycles. The van der Waals surface area contributed by atoms with Crippen molar-refractivity contribution >= 4 is 39.9 Å². The first-order valence-electron chi connectivity index (χ1n) is 16.6. The first-order valence-corrected chi connectivity index (χ1v) is 16.6. The van der Waals surface area contributed by atoms with E-state index in [0.717, 1.165) is 10.8 Å². The number of anilines is 2. The van der Waals surface area contributed by atoms with Crippen LogP contribution in [0.25, 0.3) is 10.8 Å². The molecule has 3 heterocycles. The maximum absolute atomic E-state index is 15.2. The van der Waals surface area contributed by atoms with Gasteiger partial charge in [-0.15, -0.1) is 13.2 Å². The molecule has 0 saturated carbocycles. The lowest BCUT2D eigenvalue weighted by atomic mass is 9.62. The number of carbonyl (C=O) groups is 3. The minimum atomic E-state index is -1.27. The zero-order valence-electron chi connectivity index (χ0n) is 27.7. The Morgan fingerprint density at radius 3 is 2.19 bits per heavy atom. The van der Waals surface area contributed by atoms with Crippen LogP contribution < -0.4 is 9.80 Å². The Kier molecular flexibility index (Phi) is 8.61. The molecule has 1 N–H and O–H groups in total. The summed E-state index contributed by atoms with van der Waals surface area (Å²) in [5.41, 5.74) is -0.886. The van der Waals surface area contributed by atoms with Gasteiger partial charge in [0.1, 0.15) is 11.6 Å². The van der Waals surface area contributed by atoms with Crippen molar-refractivity contribution in [3.63, 3.8) is 0 Å². The van der Waals surface area contributed by atoms with Gasteiger partial charge in [-0.2, -0.15) is 0 Å². The van der Waals surface area contributed by atoms with Gasteiger partial charge < -0.3 is 24.5 Å². The Morgan fingerprint density at radius 2 is 1.57 bits per heavy atom. The van der Waals surface area contributed by atoms with Gasteiger partial charge in [-0.25, -0.2) is 0 Å². The van der Waals surface area contributed by atoms with Crippen molar-refractivity contribution in [2.75, 3.05) is 29.5 Å². The summed E-state index contributed by atoms with van der Waals surface area (Å²) in [7, 11) is 0. The fraction of sp³-hybridized carbons (Fsp3) is 0.410. The van der Waals surface area contributed by atoms with Crippen molar-refractivity contribution in [1.82, 2.24) is 4.90 Å². The molecule has 0 aliphatic carbocycles. The van der Waals surface area contributed by atoms with E-state index in [9.17, 15) is 14.7 Å². The third-order valence-corrected chi connectivity index (χ3v) is 10.8. The molecule has 0 radical (unpaired) electrons. The molecule has 246 valence electrons. The second-order valence-electron chi connectivity index (χ2n) is 13.8. The lowest BCUT2D eigenvalue weighted by Gasteiger charge is -2.40. The van der Waals surface area contributed by atoms with Crippen molar-refractivity contribution in [2.24, 2.45) is 23.7 Å². The predicted molar refractivity (Wildman–Crippen MR) is 185 cm³/mol. The highest BCUT2D eigenvalue weighted by molar-refractivity contribution is 6.07. The van der Waals surface area contributed by atoms with E-state index in [1.807, 2.05) is 100 Å². The number of aliphatic hydroxyl groups excluding tert-OH is 1. The van der Waals surface area contributed by atoms with Gasteiger partial charge >= 0.3 is 0 Å². The molecule has 3 aromatic carbocycles. The van der Waals surface area contributed by atoms with Crippen LogP contribution in [-0.2, 0) is 19.1 Å². The van der Waals surface area contributed by atoms with Crippen LogP contribution in [0, 0.1) is 23.7 Å². The standard InChI is InChI=1S/C39H45N3O5/c1-7-20-40(29-16-10-9-11-17-29)35(44)32-33-36(45)42(31(24-43)25(3)4)34(39(33)23-26(5)38(32,6)47-39)37(46)41(21-8-2)30-19-18-27-14-12-13-15-28(27)22-30/h7-19,22,25-26,31-34,43H,1-2,20-21,23-24H2,3-6H3/t26?,31-,32+,33-,34?,38-,39?/m0/s1. The van der Waals surface area contributed by atoms with Gasteiger partial charge in [-0.3, -0.25) is 14.4 Å². The molecule has 3 saturated heterocycles. The average Bonchev–Trinajstić information content (AvgIpc) is 3.58. The molecule has 8 nitrogen and oxygen atoms in total. The molecule has 3 unspecified atom stereocenters. The minimum Gasteiger partial charge on any atom is -0.394 e. The number of hydrogen-bond acceptors (Lipinski definition) is 5. The first kappa shape index (κ1) is 32.7. The lowest BCUT2D eigenvalue weighted by Crippen LogP contribution is -2.60. The van der Waals surface area contributed by atoms with E-state index in [0.29, 0.717) is 17.8 Å². The number of ether oxygens (including phenoxy) is 1. The summed E-state index contributed by atoms with van der Waals surface area (Å²) in [5.74, 6) is -2.92. The van der Waals surface area contributed by atoms with E-state index in [1.54, 1.807) is 26.9 Å². The van der Waals surface area contributed by atoms with E-state index in [1.165, 1.54) is 0 Å². The maximum atomic E-state index is 15.2. The van der Waals surface area contributed by atoms with Crippen LogP contribution >= 0.6 is 0 Å². The smallest absolute Gasteiger partial charge is 0.253 e. The molecule has 1 spiro atoms. The third-order valence-electron chi connectivity index (χ3n) is 10.8. The summed E-state index contributed by atoms with van der Waals surface area (Å²) in [6, 6.07) is 21.4. The molecule has 3 fully saturated rings. The summed E-state index contributed by atoms with van der Waals surface area (Å²) in [6.07, 6.45) is 3.78.